The maximum absolute atomic E-state index is 12.5. The molecule has 1 N–H and O–H groups in total. The second-order valence-electron chi connectivity index (χ2n) is 5.92. The molecule has 0 spiro atoms. The van der Waals surface area contributed by atoms with Crippen LogP contribution >= 0.6 is 11.6 Å². The molecule has 27 heavy (non-hydrogen) atoms. The SMILES string of the molecule is COc1ccc(CNC(=O)c2nn(-c3ccc(Cl)cc3)c(C)cc2=O)cc1. The van der Waals surface area contributed by atoms with Crippen molar-refractivity contribution in [1.82, 2.24) is 15.1 Å². The number of hydrogen-bond donors (Lipinski definition) is 1. The van der Waals surface area contributed by atoms with Gasteiger partial charge in [-0.25, -0.2) is 4.68 Å². The van der Waals surface area contributed by atoms with Gasteiger partial charge in [0.05, 0.1) is 12.8 Å². The first-order valence-corrected chi connectivity index (χ1v) is 8.64. The van der Waals surface area contributed by atoms with E-state index < -0.39 is 11.3 Å². The van der Waals surface area contributed by atoms with Gasteiger partial charge >= 0.3 is 0 Å². The van der Waals surface area contributed by atoms with E-state index in [1.54, 1.807) is 55.1 Å². The van der Waals surface area contributed by atoms with E-state index in [0.29, 0.717) is 16.4 Å². The van der Waals surface area contributed by atoms with Crippen molar-refractivity contribution in [1.29, 1.82) is 0 Å². The Balaban J connectivity index is 1.82. The minimum atomic E-state index is -0.529. The smallest absolute Gasteiger partial charge is 0.276 e. The van der Waals surface area contributed by atoms with Crippen LogP contribution in [0.4, 0.5) is 0 Å². The van der Waals surface area contributed by atoms with Crippen LogP contribution in [0.25, 0.3) is 5.69 Å². The van der Waals surface area contributed by atoms with Gasteiger partial charge in [-0.1, -0.05) is 23.7 Å². The number of amides is 1. The van der Waals surface area contributed by atoms with Crippen molar-refractivity contribution >= 4 is 17.5 Å². The van der Waals surface area contributed by atoms with Crippen molar-refractivity contribution in [3.8, 4) is 11.4 Å². The minimum absolute atomic E-state index is 0.163. The fraction of sp³-hybridized carbons (Fsp3) is 0.150. The van der Waals surface area contributed by atoms with E-state index in [4.69, 9.17) is 16.3 Å². The third-order valence-electron chi connectivity index (χ3n) is 4.01. The zero-order valence-corrected chi connectivity index (χ0v) is 15.7. The number of ether oxygens (including phenoxy) is 1. The van der Waals surface area contributed by atoms with Gasteiger partial charge in [-0.15, -0.1) is 0 Å². The topological polar surface area (TPSA) is 73.2 Å². The molecule has 0 fully saturated rings. The number of hydrogen-bond acceptors (Lipinski definition) is 4. The first kappa shape index (κ1) is 18.7. The van der Waals surface area contributed by atoms with Gasteiger partial charge in [-0.3, -0.25) is 9.59 Å². The molecule has 138 valence electrons. The molecule has 0 saturated heterocycles. The zero-order chi connectivity index (χ0) is 19.4. The summed E-state index contributed by atoms with van der Waals surface area (Å²) >= 11 is 5.91. The van der Waals surface area contributed by atoms with Crippen LogP contribution in [0.1, 0.15) is 21.7 Å². The van der Waals surface area contributed by atoms with Gasteiger partial charge in [0, 0.05) is 23.3 Å². The summed E-state index contributed by atoms with van der Waals surface area (Å²) in [5.74, 6) is 0.203. The van der Waals surface area contributed by atoms with E-state index in [2.05, 4.69) is 10.4 Å². The molecule has 0 radical (unpaired) electrons. The molecule has 1 aromatic heterocycles. The first-order valence-electron chi connectivity index (χ1n) is 8.26. The van der Waals surface area contributed by atoms with E-state index in [1.165, 1.54) is 6.07 Å². The third kappa shape index (κ3) is 4.35. The Morgan fingerprint density at radius 1 is 1.15 bits per heavy atom. The minimum Gasteiger partial charge on any atom is -0.497 e. The van der Waals surface area contributed by atoms with Crippen molar-refractivity contribution in [2.45, 2.75) is 13.5 Å². The molecular weight excluding hydrogens is 366 g/mol. The molecule has 1 heterocycles. The highest BCUT2D eigenvalue weighted by Crippen LogP contribution is 2.14. The maximum atomic E-state index is 12.5. The van der Waals surface area contributed by atoms with Crippen molar-refractivity contribution in [2.75, 3.05) is 7.11 Å². The monoisotopic (exact) mass is 383 g/mol. The molecule has 1 amide bonds. The predicted molar refractivity (Wildman–Crippen MR) is 104 cm³/mol. The maximum Gasteiger partial charge on any atom is 0.276 e. The lowest BCUT2D eigenvalue weighted by Gasteiger charge is -2.11. The third-order valence-corrected chi connectivity index (χ3v) is 4.26. The van der Waals surface area contributed by atoms with Gasteiger partial charge in [0.25, 0.3) is 5.91 Å². The Morgan fingerprint density at radius 3 is 2.44 bits per heavy atom. The Kier molecular flexibility index (Phi) is 5.57. The highest BCUT2D eigenvalue weighted by molar-refractivity contribution is 6.30. The van der Waals surface area contributed by atoms with E-state index >= 15 is 0 Å². The summed E-state index contributed by atoms with van der Waals surface area (Å²) in [5.41, 5.74) is 1.62. The fourth-order valence-electron chi connectivity index (χ4n) is 2.56. The molecule has 0 saturated carbocycles. The van der Waals surface area contributed by atoms with Crippen LogP contribution < -0.4 is 15.5 Å². The molecule has 0 unspecified atom stereocenters. The van der Waals surface area contributed by atoms with Crippen LogP contribution in [0.3, 0.4) is 0 Å². The van der Waals surface area contributed by atoms with Crippen LogP contribution in [-0.4, -0.2) is 22.8 Å². The summed E-state index contributed by atoms with van der Waals surface area (Å²) in [5, 5.41) is 7.56. The number of methoxy groups -OCH3 is 1. The number of aromatic nitrogens is 2. The van der Waals surface area contributed by atoms with E-state index in [-0.39, 0.29) is 12.2 Å². The second-order valence-corrected chi connectivity index (χ2v) is 6.35. The lowest BCUT2D eigenvalue weighted by atomic mass is 10.2. The summed E-state index contributed by atoms with van der Waals surface area (Å²) in [6.45, 7) is 2.03. The van der Waals surface area contributed by atoms with Crippen LogP contribution in [0.2, 0.25) is 5.02 Å². The molecule has 3 aromatic rings. The highest BCUT2D eigenvalue weighted by atomic mass is 35.5. The number of rotatable bonds is 5. The number of halogens is 1. The molecule has 0 aliphatic carbocycles. The molecule has 3 rings (SSSR count). The lowest BCUT2D eigenvalue weighted by Crippen LogP contribution is -2.31. The Hall–Kier alpha value is -3.12. The standard InChI is InChI=1S/C20H18ClN3O3/c1-13-11-18(25)19(23-24(13)16-7-5-15(21)6-8-16)20(26)22-12-14-3-9-17(27-2)10-4-14/h3-11H,12H2,1-2H3,(H,22,26). The molecule has 0 aliphatic heterocycles. The van der Waals surface area contributed by atoms with Crippen molar-refractivity contribution in [3.63, 3.8) is 0 Å². The predicted octanol–water partition coefficient (Wildman–Crippen LogP) is 3.13. The molecule has 0 aliphatic rings. The number of nitrogens with zero attached hydrogens (tertiary/aromatic N) is 2. The molecule has 7 heteroatoms. The summed E-state index contributed by atoms with van der Waals surface area (Å²) in [6, 6.07) is 15.7. The van der Waals surface area contributed by atoms with Gasteiger partial charge in [0.2, 0.25) is 5.43 Å². The van der Waals surface area contributed by atoms with Crippen molar-refractivity contribution < 1.29 is 9.53 Å². The average Bonchev–Trinajstić information content (AvgIpc) is 2.67. The number of carbonyl (C=O) groups excluding carboxylic acids is 1. The fourth-order valence-corrected chi connectivity index (χ4v) is 2.68. The van der Waals surface area contributed by atoms with E-state index in [9.17, 15) is 9.59 Å². The van der Waals surface area contributed by atoms with Crippen molar-refractivity contribution in [2.24, 2.45) is 0 Å². The molecule has 6 nitrogen and oxygen atoms in total. The highest BCUT2D eigenvalue weighted by Gasteiger charge is 2.15. The summed E-state index contributed by atoms with van der Waals surface area (Å²) < 4.78 is 6.65. The number of benzene rings is 2. The Morgan fingerprint density at radius 2 is 1.81 bits per heavy atom. The van der Waals surface area contributed by atoms with Gasteiger partial charge < -0.3 is 10.1 Å². The normalized spacial score (nSPS) is 10.5. The molecule has 0 atom stereocenters. The largest absolute Gasteiger partial charge is 0.497 e. The number of aryl methyl sites for hydroxylation is 1. The van der Waals surface area contributed by atoms with E-state index in [1.807, 2.05) is 12.1 Å². The van der Waals surface area contributed by atoms with E-state index in [0.717, 1.165) is 11.3 Å². The summed E-state index contributed by atoms with van der Waals surface area (Å²) in [7, 11) is 1.59. The molecule has 0 bridgehead atoms. The van der Waals surface area contributed by atoms with Gasteiger partial charge in [-0.05, 0) is 48.9 Å². The molecular formula is C20H18ClN3O3. The Bertz CT molecular complexity index is 1010. The first-order chi connectivity index (χ1) is 13.0. The molecule has 2 aromatic carbocycles. The average molecular weight is 384 g/mol. The Labute approximate surface area is 161 Å². The zero-order valence-electron chi connectivity index (χ0n) is 14.9. The van der Waals surface area contributed by atoms with Crippen LogP contribution in [0.15, 0.2) is 59.4 Å². The quantitative estimate of drug-likeness (QED) is 0.734. The van der Waals surface area contributed by atoms with Gasteiger partial charge in [0.15, 0.2) is 5.69 Å². The summed E-state index contributed by atoms with van der Waals surface area (Å²) in [4.78, 5) is 24.7. The van der Waals surface area contributed by atoms with Crippen LogP contribution in [0.5, 0.6) is 5.75 Å². The van der Waals surface area contributed by atoms with Gasteiger partial charge in [0.1, 0.15) is 5.75 Å². The van der Waals surface area contributed by atoms with Gasteiger partial charge in [-0.2, -0.15) is 5.10 Å². The number of carbonyl (C=O) groups is 1. The second kappa shape index (κ2) is 8.05. The number of nitrogens with one attached hydrogen (secondary N) is 1. The van der Waals surface area contributed by atoms with Crippen molar-refractivity contribution in [3.05, 3.63) is 86.8 Å². The summed E-state index contributed by atoms with van der Waals surface area (Å²) in [6.07, 6.45) is 0. The van der Waals surface area contributed by atoms with Crippen LogP contribution in [0, 0.1) is 6.92 Å². The van der Waals surface area contributed by atoms with Crippen LogP contribution in [-0.2, 0) is 6.54 Å². The lowest BCUT2D eigenvalue weighted by molar-refractivity contribution is 0.0943.